The molecule has 4 rings (SSSR count). The normalized spacial score (nSPS) is 13.7. The maximum atomic E-state index is 12.9. The summed E-state index contributed by atoms with van der Waals surface area (Å²) in [7, 11) is 0. The number of hydrogen-bond acceptors (Lipinski definition) is 4. The predicted octanol–water partition coefficient (Wildman–Crippen LogP) is 3.59. The van der Waals surface area contributed by atoms with Gasteiger partial charge in [0.05, 0.1) is 22.2 Å². The first kappa shape index (κ1) is 22.5. The summed E-state index contributed by atoms with van der Waals surface area (Å²) in [6.07, 6.45) is -2.61. The Labute approximate surface area is 186 Å². The van der Waals surface area contributed by atoms with Crippen molar-refractivity contribution in [2.75, 3.05) is 11.9 Å². The molecule has 7 nitrogen and oxygen atoms in total. The van der Waals surface area contributed by atoms with Gasteiger partial charge in [-0.05, 0) is 37.1 Å². The smallest absolute Gasteiger partial charge is 0.343 e. The molecular weight excluding hydrogens is 437 g/mol. The van der Waals surface area contributed by atoms with Crippen molar-refractivity contribution < 1.29 is 22.8 Å². The van der Waals surface area contributed by atoms with Crippen molar-refractivity contribution in [3.05, 3.63) is 70.3 Å². The van der Waals surface area contributed by atoms with E-state index in [4.69, 9.17) is 0 Å². The first-order valence-corrected chi connectivity index (χ1v) is 10.5. The molecule has 10 heteroatoms. The molecule has 1 fully saturated rings. The molecule has 172 valence electrons. The number of hydrogen-bond donors (Lipinski definition) is 2. The van der Waals surface area contributed by atoms with Gasteiger partial charge >= 0.3 is 6.18 Å². The number of rotatable bonds is 7. The first-order chi connectivity index (χ1) is 15.7. The number of alkyl halides is 3. The summed E-state index contributed by atoms with van der Waals surface area (Å²) in [6, 6.07) is 12.9. The molecule has 0 radical (unpaired) electrons. The molecule has 1 aromatic heterocycles. The Kier molecular flexibility index (Phi) is 6.17. The van der Waals surface area contributed by atoms with Crippen LogP contribution in [0.1, 0.15) is 41.5 Å². The zero-order valence-corrected chi connectivity index (χ0v) is 17.5. The highest BCUT2D eigenvalue weighted by molar-refractivity contribution is 6.03. The minimum atomic E-state index is -4.54. The molecule has 0 unspecified atom stereocenters. The Morgan fingerprint density at radius 1 is 1.06 bits per heavy atom. The number of nitrogens with zero attached hydrogens (tertiary/aromatic N) is 2. The standard InChI is InChI=1S/C23H21F3N4O3/c24-23(25,26)13-27-21(32)15-5-1-3-7-17(15)29-20(31)12-11-19-28-18-8-4-2-6-16(18)22(33)30(19)14-9-10-14/h1-8,14H,9-13H2,(H,27,32)(H,29,31). The third-order valence-electron chi connectivity index (χ3n) is 5.26. The highest BCUT2D eigenvalue weighted by Crippen LogP contribution is 2.35. The number of fused-ring (bicyclic) bond motifs is 1. The topological polar surface area (TPSA) is 93.1 Å². The molecule has 3 aromatic rings. The Morgan fingerprint density at radius 3 is 2.48 bits per heavy atom. The lowest BCUT2D eigenvalue weighted by atomic mass is 10.1. The number of aromatic nitrogens is 2. The van der Waals surface area contributed by atoms with E-state index in [0.29, 0.717) is 16.7 Å². The fraction of sp³-hybridized carbons (Fsp3) is 0.304. The number of benzene rings is 2. The summed E-state index contributed by atoms with van der Waals surface area (Å²) in [6.45, 7) is -1.47. The van der Waals surface area contributed by atoms with E-state index in [1.54, 1.807) is 40.2 Å². The van der Waals surface area contributed by atoms with Crippen LogP contribution in [0.3, 0.4) is 0 Å². The average Bonchev–Trinajstić information content (AvgIpc) is 3.61. The second-order valence-corrected chi connectivity index (χ2v) is 7.84. The van der Waals surface area contributed by atoms with Gasteiger partial charge in [0.25, 0.3) is 11.5 Å². The van der Waals surface area contributed by atoms with E-state index in [-0.39, 0.29) is 35.7 Å². The van der Waals surface area contributed by atoms with Gasteiger partial charge in [0.2, 0.25) is 5.91 Å². The van der Waals surface area contributed by atoms with Crippen molar-refractivity contribution >= 4 is 28.4 Å². The molecule has 2 aromatic carbocycles. The van der Waals surface area contributed by atoms with E-state index >= 15 is 0 Å². The molecule has 0 bridgehead atoms. The monoisotopic (exact) mass is 458 g/mol. The van der Waals surface area contributed by atoms with Crippen LogP contribution in [0, 0.1) is 0 Å². The fourth-order valence-electron chi connectivity index (χ4n) is 3.58. The molecule has 1 saturated carbocycles. The molecule has 0 aliphatic heterocycles. The van der Waals surface area contributed by atoms with Gasteiger partial charge in [-0.1, -0.05) is 24.3 Å². The van der Waals surface area contributed by atoms with Crippen molar-refractivity contribution in [1.82, 2.24) is 14.9 Å². The van der Waals surface area contributed by atoms with Gasteiger partial charge in [0.1, 0.15) is 12.4 Å². The quantitative estimate of drug-likeness (QED) is 0.566. The molecule has 1 aliphatic rings. The average molecular weight is 458 g/mol. The van der Waals surface area contributed by atoms with E-state index in [1.807, 2.05) is 0 Å². The first-order valence-electron chi connectivity index (χ1n) is 10.5. The molecule has 33 heavy (non-hydrogen) atoms. The van der Waals surface area contributed by atoms with Crippen LogP contribution in [0.25, 0.3) is 10.9 Å². The van der Waals surface area contributed by atoms with Gasteiger partial charge in [-0.2, -0.15) is 13.2 Å². The molecule has 1 aliphatic carbocycles. The van der Waals surface area contributed by atoms with Gasteiger partial charge in [0, 0.05) is 18.9 Å². The Bertz CT molecular complexity index is 1270. The van der Waals surface area contributed by atoms with Crippen LogP contribution in [-0.2, 0) is 11.2 Å². The van der Waals surface area contributed by atoms with Gasteiger partial charge < -0.3 is 10.6 Å². The van der Waals surface area contributed by atoms with Crippen molar-refractivity contribution in [2.24, 2.45) is 0 Å². The Morgan fingerprint density at radius 2 is 1.76 bits per heavy atom. The maximum Gasteiger partial charge on any atom is 0.405 e. The Hall–Kier alpha value is -3.69. The van der Waals surface area contributed by atoms with E-state index < -0.39 is 24.5 Å². The minimum Gasteiger partial charge on any atom is -0.343 e. The van der Waals surface area contributed by atoms with Gasteiger partial charge in [-0.15, -0.1) is 0 Å². The summed E-state index contributed by atoms with van der Waals surface area (Å²) in [5, 5.41) is 4.90. The van der Waals surface area contributed by atoms with Gasteiger partial charge in [-0.25, -0.2) is 4.98 Å². The van der Waals surface area contributed by atoms with Crippen molar-refractivity contribution in [3.63, 3.8) is 0 Å². The van der Waals surface area contributed by atoms with Crippen molar-refractivity contribution in [2.45, 2.75) is 37.9 Å². The molecular formula is C23H21F3N4O3. The van der Waals surface area contributed by atoms with Crippen LogP contribution in [0.2, 0.25) is 0 Å². The fourth-order valence-corrected chi connectivity index (χ4v) is 3.58. The Balaban J connectivity index is 1.48. The van der Waals surface area contributed by atoms with Crippen LogP contribution < -0.4 is 16.2 Å². The zero-order valence-electron chi connectivity index (χ0n) is 17.5. The van der Waals surface area contributed by atoms with Gasteiger partial charge in [0.15, 0.2) is 0 Å². The van der Waals surface area contributed by atoms with E-state index in [1.165, 1.54) is 18.2 Å². The molecule has 2 N–H and O–H groups in total. The maximum absolute atomic E-state index is 12.9. The van der Waals surface area contributed by atoms with Crippen molar-refractivity contribution in [1.29, 1.82) is 0 Å². The third-order valence-corrected chi connectivity index (χ3v) is 5.26. The second-order valence-electron chi connectivity index (χ2n) is 7.84. The van der Waals surface area contributed by atoms with Crippen LogP contribution in [0.4, 0.5) is 18.9 Å². The number of anilines is 1. The van der Waals surface area contributed by atoms with Crippen LogP contribution >= 0.6 is 0 Å². The molecule has 2 amide bonds. The highest BCUT2D eigenvalue weighted by Gasteiger charge is 2.29. The van der Waals surface area contributed by atoms with Crippen molar-refractivity contribution in [3.8, 4) is 0 Å². The van der Waals surface area contributed by atoms with E-state index in [2.05, 4.69) is 10.3 Å². The van der Waals surface area contributed by atoms with Crippen LogP contribution in [-0.4, -0.2) is 34.1 Å². The SMILES string of the molecule is O=C(CCc1nc2ccccc2c(=O)n1C1CC1)Nc1ccccc1C(=O)NCC(F)(F)F. The molecule has 1 heterocycles. The number of halogens is 3. The number of amides is 2. The number of carbonyl (C=O) groups is 2. The second kappa shape index (κ2) is 9.05. The third kappa shape index (κ3) is 5.39. The molecule has 0 atom stereocenters. The van der Waals surface area contributed by atoms with E-state index in [9.17, 15) is 27.6 Å². The minimum absolute atomic E-state index is 0.0179. The summed E-state index contributed by atoms with van der Waals surface area (Å²) in [5.41, 5.74) is 0.453. The summed E-state index contributed by atoms with van der Waals surface area (Å²) < 4.78 is 38.9. The lowest BCUT2D eigenvalue weighted by Crippen LogP contribution is -2.34. The summed E-state index contributed by atoms with van der Waals surface area (Å²) in [5.74, 6) is -0.884. The van der Waals surface area contributed by atoms with Gasteiger partial charge in [-0.3, -0.25) is 19.0 Å². The summed E-state index contributed by atoms with van der Waals surface area (Å²) >= 11 is 0. The van der Waals surface area contributed by atoms with Crippen LogP contribution in [0.5, 0.6) is 0 Å². The zero-order chi connectivity index (χ0) is 23.6. The lowest BCUT2D eigenvalue weighted by Gasteiger charge is -2.14. The highest BCUT2D eigenvalue weighted by atomic mass is 19.4. The molecule has 0 spiro atoms. The number of carbonyl (C=O) groups excluding carboxylic acids is 2. The lowest BCUT2D eigenvalue weighted by molar-refractivity contribution is -0.123. The number of nitrogens with one attached hydrogen (secondary N) is 2. The number of para-hydroxylation sites is 2. The number of aryl methyl sites for hydroxylation is 1. The summed E-state index contributed by atoms with van der Waals surface area (Å²) in [4.78, 5) is 42.2. The van der Waals surface area contributed by atoms with E-state index in [0.717, 1.165) is 12.8 Å². The van der Waals surface area contributed by atoms with Crippen LogP contribution in [0.15, 0.2) is 53.3 Å². The largest absolute Gasteiger partial charge is 0.405 e. The molecule has 0 saturated heterocycles. The predicted molar refractivity (Wildman–Crippen MR) is 116 cm³/mol.